The van der Waals surface area contributed by atoms with E-state index in [1.54, 1.807) is 24.3 Å². The third-order valence-corrected chi connectivity index (χ3v) is 2.50. The Morgan fingerprint density at radius 3 is 2.35 bits per heavy atom. The third kappa shape index (κ3) is 3.88. The Balaban J connectivity index is 3.09. The van der Waals surface area contributed by atoms with Crippen LogP contribution in [0, 0.1) is 0 Å². The second-order valence-corrected chi connectivity index (χ2v) is 3.86. The highest BCUT2D eigenvalue weighted by Gasteiger charge is 2.17. The molecule has 0 aliphatic carbocycles. The first-order chi connectivity index (χ1) is 8.08. The molecule has 0 saturated carbocycles. The average molecular weight is 273 g/mol. The number of esters is 1. The molecule has 90 valence electrons. The summed E-state index contributed by atoms with van der Waals surface area (Å²) in [6.45, 7) is 0. The van der Waals surface area contributed by atoms with Crippen LogP contribution in [0.4, 0.5) is 0 Å². The molecule has 0 atom stereocenters. The maximum atomic E-state index is 11.5. The molecule has 0 aliphatic heterocycles. The molecular weight excluding hydrogens is 263 g/mol. The summed E-state index contributed by atoms with van der Waals surface area (Å²) < 4.78 is 4.52. The number of alkyl halides is 1. The predicted octanol–water partition coefficient (Wildman–Crippen LogP) is 2.70. The molecular formula is C12H10Cl2O3. The molecule has 0 bridgehead atoms. The van der Waals surface area contributed by atoms with Gasteiger partial charge in [0.1, 0.15) is 5.57 Å². The number of hydrogen-bond acceptors (Lipinski definition) is 3. The molecule has 1 aromatic carbocycles. The van der Waals surface area contributed by atoms with E-state index in [-0.39, 0.29) is 11.5 Å². The van der Waals surface area contributed by atoms with E-state index in [2.05, 4.69) is 4.74 Å². The fourth-order valence-corrected chi connectivity index (χ4v) is 1.43. The van der Waals surface area contributed by atoms with Crippen molar-refractivity contribution in [3.8, 4) is 0 Å². The second kappa shape index (κ2) is 6.42. The number of benzene rings is 1. The van der Waals surface area contributed by atoms with Gasteiger partial charge in [-0.1, -0.05) is 23.7 Å². The number of Topliss-reactive ketones (excluding diaryl/α,β-unsaturated/α-hetero) is 1. The van der Waals surface area contributed by atoms with Gasteiger partial charge in [0.05, 0.1) is 13.0 Å². The zero-order chi connectivity index (χ0) is 12.8. The van der Waals surface area contributed by atoms with E-state index in [0.29, 0.717) is 10.6 Å². The lowest BCUT2D eigenvalue weighted by Crippen LogP contribution is -2.15. The predicted molar refractivity (Wildman–Crippen MR) is 67.2 cm³/mol. The summed E-state index contributed by atoms with van der Waals surface area (Å²) in [7, 11) is 1.21. The number of ether oxygens (including phenoxy) is 1. The van der Waals surface area contributed by atoms with Crippen LogP contribution in [0.25, 0.3) is 6.08 Å². The van der Waals surface area contributed by atoms with E-state index in [1.807, 2.05) is 0 Å². The van der Waals surface area contributed by atoms with Gasteiger partial charge in [-0.2, -0.15) is 0 Å². The molecule has 0 fully saturated rings. The minimum Gasteiger partial charge on any atom is -0.465 e. The molecule has 0 heterocycles. The molecule has 0 unspecified atom stereocenters. The molecule has 0 radical (unpaired) electrons. The van der Waals surface area contributed by atoms with Crippen LogP contribution >= 0.6 is 23.2 Å². The summed E-state index contributed by atoms with van der Waals surface area (Å²) in [5.74, 6) is -1.45. The fourth-order valence-electron chi connectivity index (χ4n) is 1.16. The van der Waals surface area contributed by atoms with Crippen molar-refractivity contribution in [1.82, 2.24) is 0 Å². The molecule has 0 spiro atoms. The summed E-state index contributed by atoms with van der Waals surface area (Å²) in [6, 6.07) is 6.69. The highest BCUT2D eigenvalue weighted by Crippen LogP contribution is 2.14. The molecule has 0 aliphatic rings. The van der Waals surface area contributed by atoms with Crippen LogP contribution in [-0.4, -0.2) is 24.7 Å². The summed E-state index contributed by atoms with van der Waals surface area (Å²) in [5.41, 5.74) is 0.595. The lowest BCUT2D eigenvalue weighted by atomic mass is 10.1. The molecule has 1 rings (SSSR count). The minimum atomic E-state index is -0.703. The zero-order valence-corrected chi connectivity index (χ0v) is 10.6. The average Bonchev–Trinajstić information content (AvgIpc) is 2.36. The van der Waals surface area contributed by atoms with Gasteiger partial charge in [0.2, 0.25) is 0 Å². The van der Waals surface area contributed by atoms with Crippen molar-refractivity contribution in [2.24, 2.45) is 0 Å². The minimum absolute atomic E-state index is 0.0789. The largest absolute Gasteiger partial charge is 0.465 e. The summed E-state index contributed by atoms with van der Waals surface area (Å²) in [4.78, 5) is 22.8. The summed E-state index contributed by atoms with van der Waals surface area (Å²) in [5, 5.41) is 0.574. The van der Waals surface area contributed by atoms with E-state index in [4.69, 9.17) is 23.2 Å². The van der Waals surface area contributed by atoms with Gasteiger partial charge in [0.25, 0.3) is 0 Å². The van der Waals surface area contributed by atoms with Gasteiger partial charge in [-0.3, -0.25) is 4.79 Å². The maximum Gasteiger partial charge on any atom is 0.341 e. The normalized spacial score (nSPS) is 11.1. The number of ketones is 1. The Labute approximate surface area is 109 Å². The zero-order valence-electron chi connectivity index (χ0n) is 9.07. The number of carbonyl (C=O) groups excluding carboxylic acids is 2. The topological polar surface area (TPSA) is 43.4 Å². The first-order valence-electron chi connectivity index (χ1n) is 4.73. The number of methoxy groups -OCH3 is 1. The van der Waals surface area contributed by atoms with Gasteiger partial charge in [0, 0.05) is 5.02 Å². The number of carbonyl (C=O) groups is 2. The summed E-state index contributed by atoms with van der Waals surface area (Å²) >= 11 is 11.1. The molecule has 5 heteroatoms. The monoisotopic (exact) mass is 272 g/mol. The van der Waals surface area contributed by atoms with Crippen LogP contribution in [0.1, 0.15) is 5.56 Å². The Morgan fingerprint density at radius 1 is 1.29 bits per heavy atom. The SMILES string of the molecule is COC(=O)/C(=C\c1ccc(Cl)cc1)C(=O)CCl. The Bertz CT molecular complexity index is 431. The highest BCUT2D eigenvalue weighted by atomic mass is 35.5. The van der Waals surface area contributed by atoms with Gasteiger partial charge in [-0.15, -0.1) is 11.6 Å². The molecule has 0 amide bonds. The van der Waals surface area contributed by atoms with Crippen molar-refractivity contribution >= 4 is 41.0 Å². The molecule has 3 nitrogen and oxygen atoms in total. The van der Waals surface area contributed by atoms with Crippen molar-refractivity contribution in [2.45, 2.75) is 0 Å². The van der Waals surface area contributed by atoms with Gasteiger partial charge >= 0.3 is 5.97 Å². The van der Waals surface area contributed by atoms with E-state index in [9.17, 15) is 9.59 Å². The number of halogens is 2. The molecule has 1 aromatic rings. The summed E-state index contributed by atoms with van der Waals surface area (Å²) in [6.07, 6.45) is 1.42. The lowest BCUT2D eigenvalue weighted by molar-refractivity contribution is -0.137. The van der Waals surface area contributed by atoms with Crippen LogP contribution < -0.4 is 0 Å². The van der Waals surface area contributed by atoms with Crippen molar-refractivity contribution in [1.29, 1.82) is 0 Å². The van der Waals surface area contributed by atoms with Gasteiger partial charge in [-0.05, 0) is 23.8 Å². The van der Waals surface area contributed by atoms with Crippen molar-refractivity contribution in [3.63, 3.8) is 0 Å². The van der Waals surface area contributed by atoms with Gasteiger partial charge < -0.3 is 4.74 Å². The van der Waals surface area contributed by atoms with E-state index < -0.39 is 11.8 Å². The molecule has 0 saturated heterocycles. The standard InChI is InChI=1S/C12H10Cl2O3/c1-17-12(16)10(11(15)7-13)6-8-2-4-9(14)5-3-8/h2-6H,7H2,1H3/b10-6-. The van der Waals surface area contributed by atoms with Gasteiger partial charge in [0.15, 0.2) is 5.78 Å². The van der Waals surface area contributed by atoms with E-state index >= 15 is 0 Å². The van der Waals surface area contributed by atoms with Crippen molar-refractivity contribution in [2.75, 3.05) is 13.0 Å². The smallest absolute Gasteiger partial charge is 0.341 e. The highest BCUT2D eigenvalue weighted by molar-refractivity contribution is 6.35. The van der Waals surface area contributed by atoms with Crippen LogP contribution in [-0.2, 0) is 14.3 Å². The number of hydrogen-bond donors (Lipinski definition) is 0. The first kappa shape index (κ1) is 13.7. The van der Waals surface area contributed by atoms with E-state index in [0.717, 1.165) is 0 Å². The Morgan fingerprint density at radius 2 is 1.88 bits per heavy atom. The third-order valence-electron chi connectivity index (χ3n) is 2.01. The fraction of sp³-hybridized carbons (Fsp3) is 0.167. The van der Waals surface area contributed by atoms with Crippen LogP contribution in [0.5, 0.6) is 0 Å². The molecule has 0 N–H and O–H groups in total. The molecule has 17 heavy (non-hydrogen) atoms. The van der Waals surface area contributed by atoms with Crippen LogP contribution in [0.15, 0.2) is 29.8 Å². The lowest BCUT2D eigenvalue weighted by Gasteiger charge is -2.02. The molecule has 0 aromatic heterocycles. The van der Waals surface area contributed by atoms with Crippen LogP contribution in [0.2, 0.25) is 5.02 Å². The van der Waals surface area contributed by atoms with Crippen LogP contribution in [0.3, 0.4) is 0 Å². The Hall–Kier alpha value is -1.32. The second-order valence-electron chi connectivity index (χ2n) is 3.16. The van der Waals surface area contributed by atoms with Crippen molar-refractivity contribution < 1.29 is 14.3 Å². The van der Waals surface area contributed by atoms with E-state index in [1.165, 1.54) is 13.2 Å². The maximum absolute atomic E-state index is 11.5. The van der Waals surface area contributed by atoms with Gasteiger partial charge in [-0.25, -0.2) is 4.79 Å². The van der Waals surface area contributed by atoms with Crippen molar-refractivity contribution in [3.05, 3.63) is 40.4 Å². The quantitative estimate of drug-likeness (QED) is 0.278. The number of rotatable bonds is 4. The first-order valence-corrected chi connectivity index (χ1v) is 5.64. The Kier molecular flexibility index (Phi) is 5.19.